The van der Waals surface area contributed by atoms with Crippen LogP contribution in [-0.4, -0.2) is 50.2 Å². The highest BCUT2D eigenvalue weighted by molar-refractivity contribution is 5.76. The molecule has 0 aromatic rings. The molecular formula is C12H22N2O2. The lowest BCUT2D eigenvalue weighted by Gasteiger charge is -2.25. The van der Waals surface area contributed by atoms with Gasteiger partial charge in [-0.05, 0) is 31.7 Å². The molecule has 4 heteroatoms. The molecule has 2 heterocycles. The van der Waals surface area contributed by atoms with Gasteiger partial charge < -0.3 is 15.0 Å². The maximum Gasteiger partial charge on any atom is 0.222 e. The lowest BCUT2D eigenvalue weighted by Crippen LogP contribution is -2.36. The molecule has 1 atom stereocenters. The van der Waals surface area contributed by atoms with Crippen LogP contribution in [-0.2, 0) is 9.53 Å². The van der Waals surface area contributed by atoms with Gasteiger partial charge in [-0.3, -0.25) is 4.79 Å². The second kappa shape index (κ2) is 6.21. The molecule has 0 bridgehead atoms. The topological polar surface area (TPSA) is 41.6 Å². The normalized spacial score (nSPS) is 27.5. The van der Waals surface area contributed by atoms with Crippen molar-refractivity contribution in [3.8, 4) is 0 Å². The van der Waals surface area contributed by atoms with Crippen molar-refractivity contribution < 1.29 is 9.53 Å². The lowest BCUT2D eigenvalue weighted by molar-refractivity contribution is -0.133. The average Bonchev–Trinajstić information content (AvgIpc) is 2.59. The summed E-state index contributed by atoms with van der Waals surface area (Å²) in [4.78, 5) is 14.1. The van der Waals surface area contributed by atoms with E-state index in [2.05, 4.69) is 5.32 Å². The second-order valence-corrected chi connectivity index (χ2v) is 4.77. The van der Waals surface area contributed by atoms with Gasteiger partial charge >= 0.3 is 0 Å². The third-order valence-corrected chi connectivity index (χ3v) is 3.41. The monoisotopic (exact) mass is 226 g/mol. The first-order chi connectivity index (χ1) is 7.86. The molecule has 2 rings (SSSR count). The van der Waals surface area contributed by atoms with E-state index in [1.54, 1.807) is 0 Å². The molecule has 0 aromatic carbocycles. The fraction of sp³-hybridized carbons (Fsp3) is 0.917. The molecular weight excluding hydrogens is 204 g/mol. The van der Waals surface area contributed by atoms with E-state index in [1.807, 2.05) is 4.90 Å². The summed E-state index contributed by atoms with van der Waals surface area (Å²) in [6.07, 6.45) is 4.02. The zero-order valence-electron chi connectivity index (χ0n) is 9.91. The minimum Gasteiger partial charge on any atom is -0.381 e. The van der Waals surface area contributed by atoms with E-state index in [-0.39, 0.29) is 0 Å². The summed E-state index contributed by atoms with van der Waals surface area (Å²) in [7, 11) is 0. The summed E-state index contributed by atoms with van der Waals surface area (Å²) >= 11 is 0. The Morgan fingerprint density at radius 2 is 2.25 bits per heavy atom. The zero-order valence-corrected chi connectivity index (χ0v) is 9.91. The van der Waals surface area contributed by atoms with Gasteiger partial charge in [-0.1, -0.05) is 0 Å². The number of carbonyl (C=O) groups excluding carboxylic acids is 1. The van der Waals surface area contributed by atoms with Gasteiger partial charge in [0, 0.05) is 39.3 Å². The molecule has 1 unspecified atom stereocenters. The molecule has 1 N–H and O–H groups in total. The smallest absolute Gasteiger partial charge is 0.222 e. The van der Waals surface area contributed by atoms with Gasteiger partial charge in [0.1, 0.15) is 0 Å². The fourth-order valence-corrected chi connectivity index (χ4v) is 2.44. The first-order valence-electron chi connectivity index (χ1n) is 6.42. The quantitative estimate of drug-likeness (QED) is 0.750. The van der Waals surface area contributed by atoms with E-state index in [4.69, 9.17) is 4.74 Å². The molecule has 4 nitrogen and oxygen atoms in total. The molecule has 2 fully saturated rings. The summed E-state index contributed by atoms with van der Waals surface area (Å²) in [5.74, 6) is 0.775. The van der Waals surface area contributed by atoms with Crippen LogP contribution in [0.5, 0.6) is 0 Å². The Morgan fingerprint density at radius 3 is 3.06 bits per heavy atom. The molecule has 2 aliphatic heterocycles. The number of nitrogens with zero attached hydrogens (tertiary/aromatic N) is 1. The van der Waals surface area contributed by atoms with Gasteiger partial charge in [0.15, 0.2) is 0 Å². The molecule has 0 saturated carbocycles. The minimum absolute atomic E-state index is 0.319. The average molecular weight is 226 g/mol. The Balaban J connectivity index is 1.76. The third-order valence-electron chi connectivity index (χ3n) is 3.41. The van der Waals surface area contributed by atoms with Crippen LogP contribution in [0, 0.1) is 5.92 Å². The summed E-state index contributed by atoms with van der Waals surface area (Å²) in [5.41, 5.74) is 0. The molecule has 0 radical (unpaired) electrons. The van der Waals surface area contributed by atoms with Crippen molar-refractivity contribution in [1.82, 2.24) is 10.2 Å². The molecule has 1 amide bonds. The zero-order chi connectivity index (χ0) is 11.2. The van der Waals surface area contributed by atoms with Crippen molar-refractivity contribution >= 4 is 5.91 Å². The summed E-state index contributed by atoms with van der Waals surface area (Å²) in [6.45, 7) is 5.41. The Labute approximate surface area is 97.3 Å². The van der Waals surface area contributed by atoms with Crippen molar-refractivity contribution in [2.24, 2.45) is 5.92 Å². The second-order valence-electron chi connectivity index (χ2n) is 4.77. The number of hydrogen-bond donors (Lipinski definition) is 1. The molecule has 2 aliphatic rings. The van der Waals surface area contributed by atoms with Crippen LogP contribution in [0.2, 0.25) is 0 Å². The molecule has 92 valence electrons. The SMILES string of the molecule is O=C(CC1CCCOC1)N1CCCNCC1. The van der Waals surface area contributed by atoms with E-state index >= 15 is 0 Å². The summed E-state index contributed by atoms with van der Waals surface area (Å²) in [5, 5.41) is 3.32. The van der Waals surface area contributed by atoms with Gasteiger partial charge in [-0.2, -0.15) is 0 Å². The fourth-order valence-electron chi connectivity index (χ4n) is 2.44. The maximum absolute atomic E-state index is 12.1. The van der Waals surface area contributed by atoms with Gasteiger partial charge in [0.05, 0.1) is 0 Å². The van der Waals surface area contributed by atoms with Crippen molar-refractivity contribution in [3.63, 3.8) is 0 Å². The maximum atomic E-state index is 12.1. The Hall–Kier alpha value is -0.610. The van der Waals surface area contributed by atoms with E-state index in [0.717, 1.165) is 58.7 Å². The Kier molecular flexibility index (Phi) is 4.60. The van der Waals surface area contributed by atoms with Crippen LogP contribution in [0.1, 0.15) is 25.7 Å². The van der Waals surface area contributed by atoms with Crippen LogP contribution >= 0.6 is 0 Å². The van der Waals surface area contributed by atoms with Crippen LogP contribution < -0.4 is 5.32 Å². The predicted octanol–water partition coefficient (Wildman–Crippen LogP) is 0.625. The largest absolute Gasteiger partial charge is 0.381 e. The van der Waals surface area contributed by atoms with Crippen LogP contribution in [0.25, 0.3) is 0 Å². The van der Waals surface area contributed by atoms with Crippen molar-refractivity contribution in [2.45, 2.75) is 25.7 Å². The number of nitrogens with one attached hydrogen (secondary N) is 1. The highest BCUT2D eigenvalue weighted by atomic mass is 16.5. The number of ether oxygens (including phenoxy) is 1. The summed E-state index contributed by atoms with van der Waals surface area (Å²) < 4.78 is 5.41. The molecule has 16 heavy (non-hydrogen) atoms. The van der Waals surface area contributed by atoms with Crippen LogP contribution in [0.4, 0.5) is 0 Å². The molecule has 2 saturated heterocycles. The number of amides is 1. The summed E-state index contributed by atoms with van der Waals surface area (Å²) in [6, 6.07) is 0. The first-order valence-corrected chi connectivity index (χ1v) is 6.42. The minimum atomic E-state index is 0.319. The highest BCUT2D eigenvalue weighted by Crippen LogP contribution is 2.18. The molecule has 0 spiro atoms. The van der Waals surface area contributed by atoms with E-state index in [9.17, 15) is 4.79 Å². The third kappa shape index (κ3) is 3.46. The number of hydrogen-bond acceptors (Lipinski definition) is 3. The van der Waals surface area contributed by atoms with E-state index in [0.29, 0.717) is 18.2 Å². The lowest BCUT2D eigenvalue weighted by atomic mass is 9.98. The van der Waals surface area contributed by atoms with Crippen molar-refractivity contribution in [3.05, 3.63) is 0 Å². The van der Waals surface area contributed by atoms with Gasteiger partial charge in [0.2, 0.25) is 5.91 Å². The number of carbonyl (C=O) groups is 1. The van der Waals surface area contributed by atoms with E-state index < -0.39 is 0 Å². The predicted molar refractivity (Wildman–Crippen MR) is 62.2 cm³/mol. The van der Waals surface area contributed by atoms with Crippen LogP contribution in [0.15, 0.2) is 0 Å². The number of rotatable bonds is 2. The van der Waals surface area contributed by atoms with Crippen molar-refractivity contribution in [2.75, 3.05) is 39.4 Å². The van der Waals surface area contributed by atoms with Crippen molar-refractivity contribution in [1.29, 1.82) is 0 Å². The standard InChI is InChI=1S/C12H22N2O2/c15-12(9-11-3-1-8-16-10-11)14-6-2-4-13-5-7-14/h11,13H,1-10H2. The molecule has 0 aromatic heterocycles. The highest BCUT2D eigenvalue weighted by Gasteiger charge is 2.21. The van der Waals surface area contributed by atoms with Gasteiger partial charge in [-0.25, -0.2) is 0 Å². The Bertz CT molecular complexity index is 219. The first kappa shape index (κ1) is 11.9. The molecule has 0 aliphatic carbocycles. The van der Waals surface area contributed by atoms with E-state index in [1.165, 1.54) is 0 Å². The van der Waals surface area contributed by atoms with Crippen LogP contribution in [0.3, 0.4) is 0 Å². The van der Waals surface area contributed by atoms with Gasteiger partial charge in [0.25, 0.3) is 0 Å². The Morgan fingerprint density at radius 1 is 1.31 bits per heavy atom. The van der Waals surface area contributed by atoms with Gasteiger partial charge in [-0.15, -0.1) is 0 Å².